The van der Waals surface area contributed by atoms with Crippen molar-refractivity contribution in [1.82, 2.24) is 5.32 Å². The van der Waals surface area contributed by atoms with Gasteiger partial charge in [-0.2, -0.15) is 0 Å². The van der Waals surface area contributed by atoms with Crippen LogP contribution in [0.15, 0.2) is 0 Å². The Labute approximate surface area is 110 Å². The SMILES string of the molecule is CCCNC(C1CCCC1)C1CCC(F)(F)CC1. The first-order chi connectivity index (χ1) is 8.62. The molecule has 1 unspecified atom stereocenters. The zero-order valence-electron chi connectivity index (χ0n) is 11.6. The average Bonchev–Trinajstić information content (AvgIpc) is 2.85. The van der Waals surface area contributed by atoms with Gasteiger partial charge in [-0.05, 0) is 50.5 Å². The highest BCUT2D eigenvalue weighted by molar-refractivity contribution is 4.90. The molecule has 0 aliphatic heterocycles. The summed E-state index contributed by atoms with van der Waals surface area (Å²) >= 11 is 0. The first-order valence-corrected chi connectivity index (χ1v) is 7.73. The molecule has 0 amide bonds. The van der Waals surface area contributed by atoms with Gasteiger partial charge in [0.1, 0.15) is 0 Å². The average molecular weight is 259 g/mol. The van der Waals surface area contributed by atoms with Gasteiger partial charge >= 0.3 is 0 Å². The van der Waals surface area contributed by atoms with Crippen LogP contribution in [0.2, 0.25) is 0 Å². The van der Waals surface area contributed by atoms with Gasteiger partial charge in [-0.3, -0.25) is 0 Å². The van der Waals surface area contributed by atoms with Crippen molar-refractivity contribution in [2.24, 2.45) is 11.8 Å². The predicted molar refractivity (Wildman–Crippen MR) is 70.9 cm³/mol. The second-order valence-corrected chi connectivity index (χ2v) is 6.22. The van der Waals surface area contributed by atoms with Crippen molar-refractivity contribution in [3.05, 3.63) is 0 Å². The minimum absolute atomic E-state index is 0.106. The van der Waals surface area contributed by atoms with Crippen molar-refractivity contribution in [2.75, 3.05) is 6.54 Å². The van der Waals surface area contributed by atoms with E-state index in [2.05, 4.69) is 12.2 Å². The maximum atomic E-state index is 13.3. The van der Waals surface area contributed by atoms with E-state index < -0.39 is 5.92 Å². The summed E-state index contributed by atoms with van der Waals surface area (Å²) in [7, 11) is 0. The Kier molecular flexibility index (Phi) is 4.99. The molecule has 2 rings (SSSR count). The normalized spacial score (nSPS) is 27.5. The summed E-state index contributed by atoms with van der Waals surface area (Å²) in [5.74, 6) is -1.16. The minimum Gasteiger partial charge on any atom is -0.313 e. The molecule has 2 aliphatic rings. The third kappa shape index (κ3) is 3.66. The predicted octanol–water partition coefficient (Wildman–Crippen LogP) is 4.37. The molecule has 0 aromatic carbocycles. The topological polar surface area (TPSA) is 12.0 Å². The van der Waals surface area contributed by atoms with Crippen LogP contribution in [0.5, 0.6) is 0 Å². The highest BCUT2D eigenvalue weighted by atomic mass is 19.3. The Bertz CT molecular complexity index is 239. The van der Waals surface area contributed by atoms with E-state index in [1.54, 1.807) is 0 Å². The van der Waals surface area contributed by atoms with Crippen molar-refractivity contribution >= 4 is 0 Å². The van der Waals surface area contributed by atoms with Crippen LogP contribution in [0.3, 0.4) is 0 Å². The Morgan fingerprint density at radius 2 is 1.61 bits per heavy atom. The second kappa shape index (κ2) is 6.31. The molecule has 2 fully saturated rings. The van der Waals surface area contributed by atoms with Crippen LogP contribution in [0.25, 0.3) is 0 Å². The molecule has 1 N–H and O–H groups in total. The van der Waals surface area contributed by atoms with Gasteiger partial charge in [-0.25, -0.2) is 8.78 Å². The molecule has 0 heterocycles. The van der Waals surface area contributed by atoms with Crippen LogP contribution < -0.4 is 5.32 Å². The van der Waals surface area contributed by atoms with Crippen molar-refractivity contribution in [2.45, 2.75) is 76.7 Å². The van der Waals surface area contributed by atoms with Crippen molar-refractivity contribution in [3.8, 4) is 0 Å². The Hall–Kier alpha value is -0.180. The van der Waals surface area contributed by atoms with Gasteiger partial charge in [0.15, 0.2) is 0 Å². The lowest BCUT2D eigenvalue weighted by Crippen LogP contribution is -2.44. The molecule has 0 bridgehead atoms. The van der Waals surface area contributed by atoms with E-state index in [-0.39, 0.29) is 12.8 Å². The highest BCUT2D eigenvalue weighted by Crippen LogP contribution is 2.41. The molecule has 0 aromatic heterocycles. The summed E-state index contributed by atoms with van der Waals surface area (Å²) in [4.78, 5) is 0. The Balaban J connectivity index is 1.91. The molecule has 0 aromatic rings. The minimum atomic E-state index is -2.39. The number of alkyl halides is 2. The summed E-state index contributed by atoms with van der Waals surface area (Å²) in [5, 5.41) is 3.66. The molecule has 0 spiro atoms. The maximum absolute atomic E-state index is 13.3. The van der Waals surface area contributed by atoms with Crippen molar-refractivity contribution in [3.63, 3.8) is 0 Å². The van der Waals surface area contributed by atoms with E-state index in [0.717, 1.165) is 18.9 Å². The third-order valence-corrected chi connectivity index (χ3v) is 4.81. The van der Waals surface area contributed by atoms with E-state index in [0.29, 0.717) is 24.8 Å². The summed E-state index contributed by atoms with van der Waals surface area (Å²) in [6, 6.07) is 0.503. The van der Waals surface area contributed by atoms with E-state index in [1.807, 2.05) is 0 Å². The van der Waals surface area contributed by atoms with Crippen LogP contribution in [0.4, 0.5) is 8.78 Å². The first kappa shape index (κ1) is 14.2. The van der Waals surface area contributed by atoms with E-state index >= 15 is 0 Å². The second-order valence-electron chi connectivity index (χ2n) is 6.22. The van der Waals surface area contributed by atoms with E-state index in [9.17, 15) is 8.78 Å². The largest absolute Gasteiger partial charge is 0.313 e. The van der Waals surface area contributed by atoms with Crippen LogP contribution in [0.1, 0.15) is 64.7 Å². The Morgan fingerprint density at radius 1 is 1.06 bits per heavy atom. The van der Waals surface area contributed by atoms with Gasteiger partial charge in [0.25, 0.3) is 0 Å². The zero-order chi connectivity index (χ0) is 13.0. The fourth-order valence-corrected chi connectivity index (χ4v) is 3.77. The van der Waals surface area contributed by atoms with Crippen molar-refractivity contribution in [1.29, 1.82) is 0 Å². The Morgan fingerprint density at radius 3 is 2.17 bits per heavy atom. The summed E-state index contributed by atoms with van der Waals surface area (Å²) < 4.78 is 26.5. The lowest BCUT2D eigenvalue weighted by Gasteiger charge is -2.37. The molecule has 1 nitrogen and oxygen atoms in total. The van der Waals surface area contributed by atoms with Gasteiger partial charge in [0.05, 0.1) is 0 Å². The van der Waals surface area contributed by atoms with E-state index in [1.165, 1.54) is 25.7 Å². The number of hydrogen-bond acceptors (Lipinski definition) is 1. The number of rotatable bonds is 5. The molecule has 2 aliphatic carbocycles. The zero-order valence-corrected chi connectivity index (χ0v) is 11.6. The standard InChI is InChI=1S/C15H27F2N/c1-2-11-18-14(12-5-3-4-6-12)13-7-9-15(16,17)10-8-13/h12-14,18H,2-11H2,1H3. The molecular formula is C15H27F2N. The van der Waals surface area contributed by atoms with Gasteiger partial charge in [-0.1, -0.05) is 19.8 Å². The molecule has 3 heteroatoms. The number of nitrogens with one attached hydrogen (secondary N) is 1. The van der Waals surface area contributed by atoms with Gasteiger partial charge in [0.2, 0.25) is 5.92 Å². The lowest BCUT2D eigenvalue weighted by molar-refractivity contribution is -0.0519. The smallest absolute Gasteiger partial charge is 0.248 e. The quantitative estimate of drug-likeness (QED) is 0.773. The molecule has 1 atom stereocenters. The molecular weight excluding hydrogens is 232 g/mol. The summed E-state index contributed by atoms with van der Waals surface area (Å²) in [5.41, 5.74) is 0. The monoisotopic (exact) mass is 259 g/mol. The fourth-order valence-electron chi connectivity index (χ4n) is 3.77. The molecule has 0 radical (unpaired) electrons. The van der Waals surface area contributed by atoms with Crippen LogP contribution in [-0.2, 0) is 0 Å². The van der Waals surface area contributed by atoms with Crippen molar-refractivity contribution < 1.29 is 8.78 Å². The molecule has 106 valence electrons. The summed E-state index contributed by atoms with van der Waals surface area (Å²) in [6.45, 7) is 3.21. The van der Waals surface area contributed by atoms with Gasteiger partial charge < -0.3 is 5.32 Å². The fraction of sp³-hybridized carbons (Fsp3) is 1.00. The number of halogens is 2. The first-order valence-electron chi connectivity index (χ1n) is 7.73. The lowest BCUT2D eigenvalue weighted by atomic mass is 9.77. The van der Waals surface area contributed by atoms with Gasteiger partial charge in [0, 0.05) is 18.9 Å². The van der Waals surface area contributed by atoms with Crippen LogP contribution in [0, 0.1) is 11.8 Å². The van der Waals surface area contributed by atoms with Crippen LogP contribution in [-0.4, -0.2) is 18.5 Å². The van der Waals surface area contributed by atoms with Gasteiger partial charge in [-0.15, -0.1) is 0 Å². The molecule has 2 saturated carbocycles. The molecule has 18 heavy (non-hydrogen) atoms. The molecule has 0 saturated heterocycles. The summed E-state index contributed by atoms with van der Waals surface area (Å²) in [6.07, 6.45) is 8.03. The van der Waals surface area contributed by atoms with Crippen LogP contribution >= 0.6 is 0 Å². The van der Waals surface area contributed by atoms with E-state index in [4.69, 9.17) is 0 Å². The highest BCUT2D eigenvalue weighted by Gasteiger charge is 2.39. The number of hydrogen-bond donors (Lipinski definition) is 1. The maximum Gasteiger partial charge on any atom is 0.248 e. The third-order valence-electron chi connectivity index (χ3n) is 4.81.